The molecular formula is C20H35IN6O. The van der Waals surface area contributed by atoms with Crippen LogP contribution < -0.4 is 5.32 Å². The molecule has 3 heterocycles. The Morgan fingerprint density at radius 2 is 2.07 bits per heavy atom. The summed E-state index contributed by atoms with van der Waals surface area (Å²) in [6.07, 6.45) is 10.9. The molecule has 0 aliphatic carbocycles. The number of rotatable bonds is 4. The van der Waals surface area contributed by atoms with Crippen LogP contribution in [-0.2, 0) is 4.79 Å². The molecule has 2 saturated heterocycles. The zero-order valence-electron chi connectivity index (χ0n) is 17.4. The van der Waals surface area contributed by atoms with E-state index in [2.05, 4.69) is 38.6 Å². The summed E-state index contributed by atoms with van der Waals surface area (Å²) in [5.41, 5.74) is 0. The van der Waals surface area contributed by atoms with Crippen molar-refractivity contribution < 1.29 is 4.79 Å². The van der Waals surface area contributed by atoms with Gasteiger partial charge in [-0.25, -0.2) is 4.98 Å². The lowest BCUT2D eigenvalue weighted by atomic mass is 9.93. The quantitative estimate of drug-likeness (QED) is 0.391. The van der Waals surface area contributed by atoms with Gasteiger partial charge in [0.2, 0.25) is 5.91 Å². The standard InChI is InChI=1S/C20H34N6O.HI/c1-16-8-12-24(14-18(16)25-13-10-22-15-25)20(21-3)23-9-7-19(27)26-11-5-4-6-17(26)2;/h10,13,15-18H,4-9,11-12,14H2,1-3H3,(H,21,23);1H. The molecule has 2 aliphatic heterocycles. The molecule has 1 aromatic heterocycles. The van der Waals surface area contributed by atoms with Gasteiger partial charge in [0.25, 0.3) is 0 Å². The number of piperidine rings is 2. The number of hydrogen-bond donors (Lipinski definition) is 1. The fraction of sp³-hybridized carbons (Fsp3) is 0.750. The fourth-order valence-corrected chi connectivity index (χ4v) is 4.32. The lowest BCUT2D eigenvalue weighted by molar-refractivity contribution is -0.134. The summed E-state index contributed by atoms with van der Waals surface area (Å²) in [4.78, 5) is 25.5. The van der Waals surface area contributed by atoms with E-state index in [9.17, 15) is 4.79 Å². The zero-order valence-corrected chi connectivity index (χ0v) is 19.7. The van der Waals surface area contributed by atoms with Gasteiger partial charge in [-0.2, -0.15) is 0 Å². The van der Waals surface area contributed by atoms with Crippen LogP contribution in [0.4, 0.5) is 0 Å². The average molecular weight is 502 g/mol. The smallest absolute Gasteiger partial charge is 0.224 e. The Bertz CT molecular complexity index is 635. The van der Waals surface area contributed by atoms with Crippen molar-refractivity contribution in [3.63, 3.8) is 0 Å². The third-order valence-corrected chi connectivity index (χ3v) is 6.08. The van der Waals surface area contributed by atoms with E-state index < -0.39 is 0 Å². The Balaban J connectivity index is 0.00000280. The monoisotopic (exact) mass is 502 g/mol. The first kappa shape index (κ1) is 23.0. The molecule has 3 rings (SSSR count). The molecule has 0 radical (unpaired) electrons. The van der Waals surface area contributed by atoms with Crippen LogP contribution >= 0.6 is 24.0 Å². The first-order valence-electron chi connectivity index (χ1n) is 10.3. The van der Waals surface area contributed by atoms with Crippen LogP contribution in [0.25, 0.3) is 0 Å². The van der Waals surface area contributed by atoms with Crippen LogP contribution in [-0.4, -0.2) is 70.5 Å². The van der Waals surface area contributed by atoms with Gasteiger partial charge in [-0.1, -0.05) is 6.92 Å². The number of likely N-dealkylation sites (tertiary alicyclic amines) is 2. The SMILES string of the molecule is CN=C(NCCC(=O)N1CCCCC1C)N1CCC(C)C(n2ccnc2)C1.I. The maximum atomic E-state index is 12.5. The third kappa shape index (κ3) is 5.61. The van der Waals surface area contributed by atoms with Gasteiger partial charge in [-0.15, -0.1) is 24.0 Å². The largest absolute Gasteiger partial charge is 0.356 e. The van der Waals surface area contributed by atoms with E-state index in [0.717, 1.165) is 44.9 Å². The van der Waals surface area contributed by atoms with Crippen LogP contribution in [0.5, 0.6) is 0 Å². The lowest BCUT2D eigenvalue weighted by Gasteiger charge is -2.39. The lowest BCUT2D eigenvalue weighted by Crippen LogP contribution is -2.49. The predicted octanol–water partition coefficient (Wildman–Crippen LogP) is 2.75. The number of halogens is 1. The topological polar surface area (TPSA) is 65.8 Å². The highest BCUT2D eigenvalue weighted by Gasteiger charge is 2.29. The van der Waals surface area contributed by atoms with E-state index in [1.54, 1.807) is 0 Å². The molecule has 1 aromatic rings. The molecule has 158 valence electrons. The van der Waals surface area contributed by atoms with Gasteiger partial charge in [0.1, 0.15) is 0 Å². The number of hydrogen-bond acceptors (Lipinski definition) is 3. The Labute approximate surface area is 186 Å². The Morgan fingerprint density at radius 1 is 1.25 bits per heavy atom. The number of nitrogens with one attached hydrogen (secondary N) is 1. The second-order valence-electron chi connectivity index (χ2n) is 7.95. The number of guanidine groups is 1. The number of carbonyl (C=O) groups excluding carboxylic acids is 1. The number of imidazole rings is 1. The Hall–Kier alpha value is -1.32. The highest BCUT2D eigenvalue weighted by molar-refractivity contribution is 14.0. The molecule has 1 amide bonds. The molecule has 2 fully saturated rings. The minimum absolute atomic E-state index is 0. The van der Waals surface area contributed by atoms with Crippen molar-refractivity contribution in [3.05, 3.63) is 18.7 Å². The summed E-state index contributed by atoms with van der Waals surface area (Å²) in [6.45, 7) is 7.91. The van der Waals surface area contributed by atoms with Crippen molar-refractivity contribution in [1.82, 2.24) is 24.7 Å². The first-order valence-corrected chi connectivity index (χ1v) is 10.3. The number of carbonyl (C=O) groups is 1. The molecule has 0 bridgehead atoms. The molecule has 28 heavy (non-hydrogen) atoms. The van der Waals surface area contributed by atoms with Crippen molar-refractivity contribution in [3.8, 4) is 0 Å². The third-order valence-electron chi connectivity index (χ3n) is 6.08. The van der Waals surface area contributed by atoms with Gasteiger partial charge in [0, 0.05) is 58.1 Å². The second-order valence-corrected chi connectivity index (χ2v) is 7.95. The van der Waals surface area contributed by atoms with Crippen molar-refractivity contribution >= 4 is 35.8 Å². The number of amides is 1. The average Bonchev–Trinajstić information content (AvgIpc) is 3.20. The summed E-state index contributed by atoms with van der Waals surface area (Å²) in [7, 11) is 1.82. The molecule has 3 unspecified atom stereocenters. The molecule has 8 heteroatoms. The van der Waals surface area contributed by atoms with Crippen molar-refractivity contribution in [2.24, 2.45) is 10.9 Å². The van der Waals surface area contributed by atoms with E-state index in [1.807, 2.05) is 30.7 Å². The minimum atomic E-state index is 0. The van der Waals surface area contributed by atoms with Gasteiger partial charge in [0.15, 0.2) is 5.96 Å². The number of aliphatic imine (C=N–C) groups is 1. The molecular weight excluding hydrogens is 467 g/mol. The molecule has 3 atom stereocenters. The van der Waals surface area contributed by atoms with E-state index in [0.29, 0.717) is 31.0 Å². The highest BCUT2D eigenvalue weighted by Crippen LogP contribution is 2.27. The van der Waals surface area contributed by atoms with E-state index in [4.69, 9.17) is 0 Å². The maximum Gasteiger partial charge on any atom is 0.224 e. The van der Waals surface area contributed by atoms with Gasteiger partial charge >= 0.3 is 0 Å². The fourth-order valence-electron chi connectivity index (χ4n) is 4.32. The molecule has 0 aromatic carbocycles. The normalized spacial score (nSPS) is 26.0. The molecule has 0 saturated carbocycles. The van der Waals surface area contributed by atoms with Gasteiger partial charge < -0.3 is 19.7 Å². The maximum absolute atomic E-state index is 12.5. The summed E-state index contributed by atoms with van der Waals surface area (Å²) in [6, 6.07) is 0.778. The summed E-state index contributed by atoms with van der Waals surface area (Å²) >= 11 is 0. The zero-order chi connectivity index (χ0) is 19.2. The molecule has 0 spiro atoms. The Kier molecular flexibility index (Phi) is 9.04. The van der Waals surface area contributed by atoms with E-state index >= 15 is 0 Å². The van der Waals surface area contributed by atoms with Crippen molar-refractivity contribution in [2.75, 3.05) is 33.2 Å². The van der Waals surface area contributed by atoms with E-state index in [-0.39, 0.29) is 29.9 Å². The number of aromatic nitrogens is 2. The van der Waals surface area contributed by atoms with Crippen molar-refractivity contribution in [2.45, 2.75) is 58.0 Å². The molecule has 1 N–H and O–H groups in total. The van der Waals surface area contributed by atoms with Gasteiger partial charge in [0.05, 0.1) is 12.4 Å². The number of nitrogens with zero attached hydrogens (tertiary/aromatic N) is 5. The summed E-state index contributed by atoms with van der Waals surface area (Å²) in [5.74, 6) is 1.76. The molecule has 7 nitrogen and oxygen atoms in total. The van der Waals surface area contributed by atoms with Gasteiger partial charge in [-0.05, 0) is 38.5 Å². The van der Waals surface area contributed by atoms with Crippen LogP contribution in [0.3, 0.4) is 0 Å². The van der Waals surface area contributed by atoms with Crippen LogP contribution in [0.2, 0.25) is 0 Å². The second kappa shape index (κ2) is 11.0. The van der Waals surface area contributed by atoms with Crippen molar-refractivity contribution in [1.29, 1.82) is 0 Å². The molecule has 2 aliphatic rings. The summed E-state index contributed by atoms with van der Waals surface area (Å²) < 4.78 is 2.20. The van der Waals surface area contributed by atoms with E-state index in [1.165, 1.54) is 6.42 Å². The highest BCUT2D eigenvalue weighted by atomic mass is 127. The predicted molar refractivity (Wildman–Crippen MR) is 123 cm³/mol. The van der Waals surface area contributed by atoms with Crippen LogP contribution in [0, 0.1) is 5.92 Å². The Morgan fingerprint density at radius 3 is 2.75 bits per heavy atom. The van der Waals surface area contributed by atoms with Crippen LogP contribution in [0.1, 0.15) is 52.0 Å². The van der Waals surface area contributed by atoms with Crippen LogP contribution in [0.15, 0.2) is 23.7 Å². The van der Waals surface area contributed by atoms with Gasteiger partial charge in [-0.3, -0.25) is 9.79 Å². The minimum Gasteiger partial charge on any atom is -0.356 e. The summed E-state index contributed by atoms with van der Waals surface area (Å²) in [5, 5.41) is 3.41. The first-order chi connectivity index (χ1) is 13.1.